The lowest BCUT2D eigenvalue weighted by molar-refractivity contribution is -0.139. The number of rotatable bonds is 3. The van der Waals surface area contributed by atoms with E-state index in [1.165, 1.54) is 12.5 Å². The topological polar surface area (TPSA) is 54.4 Å². The van der Waals surface area contributed by atoms with E-state index in [1.54, 1.807) is 6.07 Å². The molecule has 3 heteroatoms. The van der Waals surface area contributed by atoms with E-state index >= 15 is 0 Å². The van der Waals surface area contributed by atoms with Gasteiger partial charge in [-0.3, -0.25) is 9.59 Å². The molecule has 0 bridgehead atoms. The Balaban J connectivity index is 2.18. The highest BCUT2D eigenvalue weighted by atomic mass is 16.4. The zero-order chi connectivity index (χ0) is 13.6. The summed E-state index contributed by atoms with van der Waals surface area (Å²) in [6.07, 6.45) is 1.75. The van der Waals surface area contributed by atoms with E-state index in [0.717, 1.165) is 29.2 Å². The maximum absolute atomic E-state index is 12.3. The van der Waals surface area contributed by atoms with E-state index in [9.17, 15) is 9.59 Å². The monoisotopic (exact) mass is 254 g/mol. The molecule has 0 saturated carbocycles. The van der Waals surface area contributed by atoms with Crippen LogP contribution in [0.1, 0.15) is 28.4 Å². The SMILES string of the molecule is CC(C(=O)O)C(=O)c1ccc2cccc3c2c1CC3. The number of carbonyl (C=O) groups is 2. The first-order valence-corrected chi connectivity index (χ1v) is 6.40. The van der Waals surface area contributed by atoms with Gasteiger partial charge in [-0.15, -0.1) is 0 Å². The fourth-order valence-corrected chi connectivity index (χ4v) is 2.84. The third-order valence-electron chi connectivity index (χ3n) is 3.91. The van der Waals surface area contributed by atoms with Crippen LogP contribution in [0.25, 0.3) is 10.8 Å². The van der Waals surface area contributed by atoms with Crippen molar-refractivity contribution in [2.45, 2.75) is 19.8 Å². The Morgan fingerprint density at radius 3 is 2.68 bits per heavy atom. The van der Waals surface area contributed by atoms with Gasteiger partial charge in [0, 0.05) is 5.56 Å². The average Bonchev–Trinajstić information content (AvgIpc) is 2.84. The lowest BCUT2D eigenvalue weighted by Gasteiger charge is -2.10. The van der Waals surface area contributed by atoms with Gasteiger partial charge in [0.15, 0.2) is 5.78 Å². The number of Topliss-reactive ketones (excluding diaryl/α,β-unsaturated/α-hetero) is 1. The molecule has 3 rings (SSSR count). The molecule has 0 heterocycles. The van der Waals surface area contributed by atoms with E-state index in [-0.39, 0.29) is 5.78 Å². The Hall–Kier alpha value is -2.16. The third kappa shape index (κ3) is 1.73. The molecule has 1 aliphatic carbocycles. The fraction of sp³-hybridized carbons (Fsp3) is 0.250. The van der Waals surface area contributed by atoms with Crippen molar-refractivity contribution in [1.29, 1.82) is 0 Å². The molecular formula is C16H14O3. The first-order chi connectivity index (χ1) is 9.09. The molecule has 1 unspecified atom stereocenters. The zero-order valence-corrected chi connectivity index (χ0v) is 10.6. The van der Waals surface area contributed by atoms with Crippen LogP contribution in [0.5, 0.6) is 0 Å². The second kappa shape index (κ2) is 4.19. The van der Waals surface area contributed by atoms with Crippen LogP contribution in [0.4, 0.5) is 0 Å². The Bertz CT molecular complexity index is 700. The van der Waals surface area contributed by atoms with Gasteiger partial charge >= 0.3 is 5.97 Å². The van der Waals surface area contributed by atoms with E-state index in [4.69, 9.17) is 5.11 Å². The van der Waals surface area contributed by atoms with Crippen molar-refractivity contribution in [3.8, 4) is 0 Å². The van der Waals surface area contributed by atoms with Gasteiger partial charge in [-0.2, -0.15) is 0 Å². The van der Waals surface area contributed by atoms with Gasteiger partial charge in [0.2, 0.25) is 0 Å². The van der Waals surface area contributed by atoms with E-state index in [0.29, 0.717) is 5.56 Å². The molecule has 2 aromatic rings. The summed E-state index contributed by atoms with van der Waals surface area (Å²) in [7, 11) is 0. The van der Waals surface area contributed by atoms with Gasteiger partial charge in [-0.25, -0.2) is 0 Å². The second-order valence-electron chi connectivity index (χ2n) is 5.03. The summed E-state index contributed by atoms with van der Waals surface area (Å²) in [6, 6.07) is 9.81. The van der Waals surface area contributed by atoms with Crippen LogP contribution in [0.2, 0.25) is 0 Å². The van der Waals surface area contributed by atoms with Crippen LogP contribution in [0.3, 0.4) is 0 Å². The number of hydrogen-bond acceptors (Lipinski definition) is 2. The predicted molar refractivity (Wildman–Crippen MR) is 72.5 cm³/mol. The summed E-state index contributed by atoms with van der Waals surface area (Å²) < 4.78 is 0. The van der Waals surface area contributed by atoms with Gasteiger partial charge in [-0.1, -0.05) is 30.3 Å². The summed E-state index contributed by atoms with van der Waals surface area (Å²) in [5.41, 5.74) is 2.85. The van der Waals surface area contributed by atoms with Crippen LogP contribution in [0, 0.1) is 5.92 Å². The molecule has 0 saturated heterocycles. The molecule has 2 aromatic carbocycles. The summed E-state index contributed by atoms with van der Waals surface area (Å²) >= 11 is 0. The number of aliphatic carboxylic acids is 1. The summed E-state index contributed by atoms with van der Waals surface area (Å²) in [5, 5.41) is 11.3. The number of carboxylic acids is 1. The maximum Gasteiger partial charge on any atom is 0.314 e. The quantitative estimate of drug-likeness (QED) is 0.677. The minimum atomic E-state index is -1.07. The van der Waals surface area contributed by atoms with Gasteiger partial charge in [0.1, 0.15) is 5.92 Å². The van der Waals surface area contributed by atoms with Crippen molar-refractivity contribution in [3.05, 3.63) is 47.0 Å². The van der Waals surface area contributed by atoms with E-state index in [1.807, 2.05) is 18.2 Å². The molecule has 1 N–H and O–H groups in total. The van der Waals surface area contributed by atoms with Gasteiger partial charge in [0.25, 0.3) is 0 Å². The summed E-state index contributed by atoms with van der Waals surface area (Å²) in [4.78, 5) is 23.2. The lowest BCUT2D eigenvalue weighted by Crippen LogP contribution is -2.21. The first kappa shape index (κ1) is 11.9. The number of hydrogen-bond donors (Lipinski definition) is 1. The fourth-order valence-electron chi connectivity index (χ4n) is 2.84. The molecular weight excluding hydrogens is 240 g/mol. The molecule has 0 fully saturated rings. The van der Waals surface area contributed by atoms with Crippen LogP contribution in [-0.2, 0) is 17.6 Å². The van der Waals surface area contributed by atoms with Crippen LogP contribution in [0.15, 0.2) is 30.3 Å². The standard InChI is InChI=1S/C16H14O3/c1-9(16(18)19)15(17)13-8-6-11-4-2-3-10-5-7-12(13)14(10)11/h2-4,6,8-9H,5,7H2,1H3,(H,18,19). The zero-order valence-electron chi connectivity index (χ0n) is 10.6. The highest BCUT2D eigenvalue weighted by Crippen LogP contribution is 2.34. The largest absolute Gasteiger partial charge is 0.481 e. The van der Waals surface area contributed by atoms with Crippen molar-refractivity contribution < 1.29 is 14.7 Å². The Morgan fingerprint density at radius 2 is 1.95 bits per heavy atom. The smallest absolute Gasteiger partial charge is 0.314 e. The van der Waals surface area contributed by atoms with E-state index < -0.39 is 11.9 Å². The van der Waals surface area contributed by atoms with Crippen molar-refractivity contribution in [2.75, 3.05) is 0 Å². The molecule has 0 spiro atoms. The van der Waals surface area contributed by atoms with Crippen molar-refractivity contribution in [1.82, 2.24) is 0 Å². The molecule has 0 aliphatic heterocycles. The number of carbonyl (C=O) groups excluding carboxylic acids is 1. The normalized spacial score (nSPS) is 14.6. The second-order valence-corrected chi connectivity index (χ2v) is 5.03. The van der Waals surface area contributed by atoms with Crippen molar-refractivity contribution in [2.24, 2.45) is 5.92 Å². The molecule has 1 atom stereocenters. The number of benzene rings is 2. The molecule has 0 amide bonds. The summed E-state index contributed by atoms with van der Waals surface area (Å²) in [6.45, 7) is 1.45. The molecule has 3 nitrogen and oxygen atoms in total. The number of aryl methyl sites for hydroxylation is 2. The predicted octanol–water partition coefficient (Wildman–Crippen LogP) is 2.84. The highest BCUT2D eigenvalue weighted by molar-refractivity contribution is 6.11. The number of carboxylic acid groups (broad SMARTS) is 1. The Morgan fingerprint density at radius 1 is 1.16 bits per heavy atom. The Kier molecular flexibility index (Phi) is 2.63. The van der Waals surface area contributed by atoms with Crippen LogP contribution < -0.4 is 0 Å². The van der Waals surface area contributed by atoms with Crippen LogP contribution >= 0.6 is 0 Å². The molecule has 19 heavy (non-hydrogen) atoms. The van der Waals surface area contributed by atoms with Crippen molar-refractivity contribution >= 4 is 22.5 Å². The Labute approximate surface area is 110 Å². The molecule has 1 aliphatic rings. The van der Waals surface area contributed by atoms with E-state index in [2.05, 4.69) is 6.07 Å². The molecule has 96 valence electrons. The minimum absolute atomic E-state index is 0.291. The first-order valence-electron chi connectivity index (χ1n) is 6.40. The highest BCUT2D eigenvalue weighted by Gasteiger charge is 2.27. The lowest BCUT2D eigenvalue weighted by atomic mass is 9.92. The summed E-state index contributed by atoms with van der Waals surface area (Å²) in [5.74, 6) is -2.34. The van der Waals surface area contributed by atoms with Crippen molar-refractivity contribution in [3.63, 3.8) is 0 Å². The number of ketones is 1. The minimum Gasteiger partial charge on any atom is -0.481 e. The average molecular weight is 254 g/mol. The maximum atomic E-state index is 12.3. The third-order valence-corrected chi connectivity index (χ3v) is 3.91. The van der Waals surface area contributed by atoms with Crippen LogP contribution in [-0.4, -0.2) is 16.9 Å². The van der Waals surface area contributed by atoms with Gasteiger partial charge < -0.3 is 5.11 Å². The van der Waals surface area contributed by atoms with Gasteiger partial charge in [-0.05, 0) is 41.7 Å². The molecule has 0 aromatic heterocycles. The van der Waals surface area contributed by atoms with Gasteiger partial charge in [0.05, 0.1) is 0 Å². The molecule has 0 radical (unpaired) electrons.